The third-order valence-electron chi connectivity index (χ3n) is 4.81. The van der Waals surface area contributed by atoms with Crippen molar-refractivity contribution in [3.63, 3.8) is 0 Å². The Morgan fingerprint density at radius 3 is 2.58 bits per heavy atom. The van der Waals surface area contributed by atoms with Gasteiger partial charge in [-0.2, -0.15) is 0 Å². The zero-order valence-electron chi connectivity index (χ0n) is 16.8. The van der Waals surface area contributed by atoms with E-state index in [1.54, 1.807) is 10.6 Å². The monoisotopic (exact) mass is 493 g/mol. The van der Waals surface area contributed by atoms with Crippen molar-refractivity contribution in [2.24, 2.45) is 0 Å². The number of carbonyl (C=O) groups is 1. The number of nitrogens with zero attached hydrogens (tertiary/aromatic N) is 2. The molecule has 0 spiro atoms. The molecule has 1 heterocycles. The molecule has 1 aromatic heterocycles. The number of hydrogen-bond acceptors (Lipinski definition) is 4. The second-order valence-corrected chi connectivity index (χ2v) is 8.94. The second kappa shape index (κ2) is 9.49. The van der Waals surface area contributed by atoms with Crippen LogP contribution in [0.5, 0.6) is 0 Å². The van der Waals surface area contributed by atoms with E-state index in [4.69, 9.17) is 0 Å². The summed E-state index contributed by atoms with van der Waals surface area (Å²) in [6.45, 7) is 2.34. The largest absolute Gasteiger partial charge is 0.325 e. The number of aryl methyl sites for hydroxylation is 1. The molecule has 0 saturated carbocycles. The van der Waals surface area contributed by atoms with Gasteiger partial charge in [-0.3, -0.25) is 14.2 Å². The van der Waals surface area contributed by atoms with E-state index in [-0.39, 0.29) is 17.2 Å². The number of rotatable bonds is 6. The van der Waals surface area contributed by atoms with E-state index in [1.807, 2.05) is 73.7 Å². The summed E-state index contributed by atoms with van der Waals surface area (Å²) in [5, 5.41) is 4.02. The van der Waals surface area contributed by atoms with Crippen molar-refractivity contribution in [2.45, 2.75) is 18.6 Å². The van der Waals surface area contributed by atoms with Gasteiger partial charge in [0.05, 0.1) is 23.2 Å². The van der Waals surface area contributed by atoms with Crippen molar-refractivity contribution in [3.05, 3.63) is 98.7 Å². The maximum atomic E-state index is 13.2. The number of aromatic nitrogens is 2. The average molecular weight is 494 g/mol. The molecular weight excluding hydrogens is 474 g/mol. The van der Waals surface area contributed by atoms with E-state index in [2.05, 4.69) is 26.2 Å². The predicted molar refractivity (Wildman–Crippen MR) is 130 cm³/mol. The van der Waals surface area contributed by atoms with E-state index >= 15 is 0 Å². The quantitative estimate of drug-likeness (QED) is 0.294. The summed E-state index contributed by atoms with van der Waals surface area (Å²) in [5.41, 5.74) is 3.25. The number of hydrogen-bond donors (Lipinski definition) is 1. The van der Waals surface area contributed by atoms with Crippen LogP contribution in [0.25, 0.3) is 10.9 Å². The highest BCUT2D eigenvalue weighted by atomic mass is 79.9. The Labute approximate surface area is 192 Å². The minimum atomic E-state index is -0.149. The van der Waals surface area contributed by atoms with E-state index < -0.39 is 0 Å². The van der Waals surface area contributed by atoms with Gasteiger partial charge in [0.2, 0.25) is 5.91 Å². The van der Waals surface area contributed by atoms with Gasteiger partial charge >= 0.3 is 0 Å². The second-order valence-electron chi connectivity index (χ2n) is 7.08. The molecule has 0 bridgehead atoms. The van der Waals surface area contributed by atoms with E-state index in [9.17, 15) is 9.59 Å². The van der Waals surface area contributed by atoms with Crippen molar-refractivity contribution in [1.82, 2.24) is 9.55 Å². The standard InChI is InChI=1S/C24H20BrN3O2S/c1-16-13-18(25)11-12-20(16)26-22(29)15-31-24-27-21-10-6-5-9-19(21)23(30)28(24)14-17-7-3-2-4-8-17/h2-13H,14-15H2,1H3,(H,26,29). The van der Waals surface area contributed by atoms with E-state index in [0.29, 0.717) is 22.6 Å². The molecule has 0 radical (unpaired) electrons. The fourth-order valence-electron chi connectivity index (χ4n) is 3.25. The summed E-state index contributed by atoms with van der Waals surface area (Å²) in [5.74, 6) is -0.00110. The van der Waals surface area contributed by atoms with Crippen molar-refractivity contribution in [3.8, 4) is 0 Å². The number of nitrogens with one attached hydrogen (secondary N) is 1. The normalized spacial score (nSPS) is 10.9. The molecule has 7 heteroatoms. The first kappa shape index (κ1) is 21.3. The lowest BCUT2D eigenvalue weighted by atomic mass is 10.2. The Bertz CT molecular complexity index is 1310. The summed E-state index contributed by atoms with van der Waals surface area (Å²) in [6, 6.07) is 22.7. The molecule has 0 atom stereocenters. The molecule has 0 unspecified atom stereocenters. The van der Waals surface area contributed by atoms with Crippen LogP contribution >= 0.6 is 27.7 Å². The van der Waals surface area contributed by atoms with Crippen LogP contribution in [0.1, 0.15) is 11.1 Å². The van der Waals surface area contributed by atoms with Crippen LogP contribution in [0, 0.1) is 6.92 Å². The molecule has 1 amide bonds. The van der Waals surface area contributed by atoms with Crippen LogP contribution in [-0.2, 0) is 11.3 Å². The SMILES string of the molecule is Cc1cc(Br)ccc1NC(=O)CSc1nc2ccccc2c(=O)n1Cc1ccccc1. The predicted octanol–water partition coefficient (Wildman–Crippen LogP) is 5.25. The summed E-state index contributed by atoms with van der Waals surface area (Å²) in [7, 11) is 0. The van der Waals surface area contributed by atoms with Crippen LogP contribution < -0.4 is 10.9 Å². The number of amides is 1. The Hall–Kier alpha value is -2.90. The smallest absolute Gasteiger partial charge is 0.262 e. The molecule has 4 rings (SSSR count). The van der Waals surface area contributed by atoms with Gasteiger partial charge in [0.1, 0.15) is 0 Å². The molecule has 156 valence electrons. The Morgan fingerprint density at radius 1 is 1.06 bits per heavy atom. The minimum absolute atomic E-state index is 0.110. The van der Waals surface area contributed by atoms with Crippen molar-refractivity contribution < 1.29 is 4.79 Å². The molecule has 0 aliphatic heterocycles. The molecule has 5 nitrogen and oxygen atoms in total. The van der Waals surface area contributed by atoms with Crippen LogP contribution in [0.3, 0.4) is 0 Å². The van der Waals surface area contributed by atoms with Crippen LogP contribution in [0.4, 0.5) is 5.69 Å². The maximum Gasteiger partial charge on any atom is 0.262 e. The zero-order valence-corrected chi connectivity index (χ0v) is 19.2. The van der Waals surface area contributed by atoms with Gasteiger partial charge in [0.15, 0.2) is 5.16 Å². The molecular formula is C24H20BrN3O2S. The van der Waals surface area contributed by atoms with Gasteiger partial charge in [-0.05, 0) is 48.4 Å². The molecule has 0 saturated heterocycles. The molecule has 0 aliphatic rings. The number of carbonyl (C=O) groups excluding carboxylic acids is 1. The van der Waals surface area contributed by atoms with Gasteiger partial charge < -0.3 is 5.32 Å². The van der Waals surface area contributed by atoms with Crippen LogP contribution in [0.2, 0.25) is 0 Å². The molecule has 1 N–H and O–H groups in total. The third-order valence-corrected chi connectivity index (χ3v) is 6.27. The Kier molecular flexibility index (Phi) is 6.53. The van der Waals surface area contributed by atoms with E-state index in [1.165, 1.54) is 11.8 Å². The van der Waals surface area contributed by atoms with Gasteiger partial charge in [-0.25, -0.2) is 4.98 Å². The van der Waals surface area contributed by atoms with Crippen molar-refractivity contribution in [2.75, 3.05) is 11.1 Å². The Balaban J connectivity index is 1.60. The highest BCUT2D eigenvalue weighted by molar-refractivity contribution is 9.10. The average Bonchev–Trinajstić information content (AvgIpc) is 2.77. The molecule has 4 aromatic rings. The topological polar surface area (TPSA) is 64.0 Å². The Morgan fingerprint density at radius 2 is 1.81 bits per heavy atom. The zero-order chi connectivity index (χ0) is 21.8. The number of fused-ring (bicyclic) bond motifs is 1. The van der Waals surface area contributed by atoms with Crippen LogP contribution in [0.15, 0.2) is 87.2 Å². The number of thioether (sulfide) groups is 1. The van der Waals surface area contributed by atoms with Crippen molar-refractivity contribution in [1.29, 1.82) is 0 Å². The van der Waals surface area contributed by atoms with Gasteiger partial charge in [-0.1, -0.05) is 70.2 Å². The summed E-state index contributed by atoms with van der Waals surface area (Å²) in [4.78, 5) is 30.4. The minimum Gasteiger partial charge on any atom is -0.325 e. The molecule has 3 aromatic carbocycles. The van der Waals surface area contributed by atoms with Crippen molar-refractivity contribution >= 4 is 50.2 Å². The number of benzene rings is 3. The lowest BCUT2D eigenvalue weighted by Crippen LogP contribution is -2.25. The molecule has 31 heavy (non-hydrogen) atoms. The molecule has 0 fully saturated rings. The fourth-order valence-corrected chi connectivity index (χ4v) is 4.52. The maximum absolute atomic E-state index is 13.2. The third kappa shape index (κ3) is 5.06. The fraction of sp³-hybridized carbons (Fsp3) is 0.125. The van der Waals surface area contributed by atoms with Gasteiger partial charge in [0, 0.05) is 10.2 Å². The highest BCUT2D eigenvalue weighted by Crippen LogP contribution is 2.22. The summed E-state index contributed by atoms with van der Waals surface area (Å²) >= 11 is 4.69. The first-order chi connectivity index (χ1) is 15.0. The summed E-state index contributed by atoms with van der Waals surface area (Å²) in [6.07, 6.45) is 0. The number of para-hydroxylation sites is 1. The lowest BCUT2D eigenvalue weighted by Gasteiger charge is -2.14. The lowest BCUT2D eigenvalue weighted by molar-refractivity contribution is -0.113. The number of halogens is 1. The van der Waals surface area contributed by atoms with E-state index in [0.717, 1.165) is 21.3 Å². The van der Waals surface area contributed by atoms with Gasteiger partial charge in [-0.15, -0.1) is 0 Å². The highest BCUT2D eigenvalue weighted by Gasteiger charge is 2.14. The van der Waals surface area contributed by atoms with Crippen LogP contribution in [-0.4, -0.2) is 21.2 Å². The molecule has 0 aliphatic carbocycles. The first-order valence-electron chi connectivity index (χ1n) is 9.73. The summed E-state index contributed by atoms with van der Waals surface area (Å²) < 4.78 is 2.60. The first-order valence-corrected chi connectivity index (χ1v) is 11.5. The van der Waals surface area contributed by atoms with Gasteiger partial charge in [0.25, 0.3) is 5.56 Å². The number of anilines is 1.